The van der Waals surface area contributed by atoms with Crippen LogP contribution in [0.5, 0.6) is 0 Å². The largest absolute Gasteiger partial charge is 0.466 e. The van der Waals surface area contributed by atoms with Gasteiger partial charge in [-0.2, -0.15) is 0 Å². The first kappa shape index (κ1) is 56.6. The summed E-state index contributed by atoms with van der Waals surface area (Å²) in [5, 5.41) is 23.1. The number of carbonyl (C=O) groups excluding carboxylic acids is 2. The number of ether oxygens (including phenoxy) is 1. The molecule has 1 amide bonds. The number of hydrogen-bond donors (Lipinski definition) is 3. The van der Waals surface area contributed by atoms with E-state index in [1.54, 1.807) is 0 Å². The molecule has 3 N–H and O–H groups in total. The van der Waals surface area contributed by atoms with Gasteiger partial charge in [0.2, 0.25) is 5.91 Å². The molecule has 0 spiro atoms. The first-order valence-electron chi connectivity index (χ1n) is 25.9. The van der Waals surface area contributed by atoms with Crippen molar-refractivity contribution in [2.45, 2.75) is 296 Å². The van der Waals surface area contributed by atoms with Crippen LogP contribution in [0.25, 0.3) is 0 Å². The zero-order valence-electron chi connectivity index (χ0n) is 39.0. The van der Waals surface area contributed by atoms with Crippen LogP contribution >= 0.6 is 0 Å². The summed E-state index contributed by atoms with van der Waals surface area (Å²) in [6.07, 6.45) is 54.7. The quantitative estimate of drug-likeness (QED) is 0.0323. The number of aliphatic hydroxyl groups excluding tert-OH is 2. The monoisotopic (exact) mass is 820 g/mol. The zero-order chi connectivity index (χ0) is 42.3. The molecule has 0 aliphatic carbocycles. The van der Waals surface area contributed by atoms with E-state index in [1.807, 2.05) is 0 Å². The van der Waals surface area contributed by atoms with Crippen LogP contribution in [0.2, 0.25) is 0 Å². The number of esters is 1. The van der Waals surface area contributed by atoms with Gasteiger partial charge in [0.15, 0.2) is 0 Å². The number of amides is 1. The fourth-order valence-electron chi connectivity index (χ4n) is 8.05. The Morgan fingerprint density at radius 1 is 0.466 bits per heavy atom. The third kappa shape index (κ3) is 44.2. The molecule has 0 aliphatic rings. The van der Waals surface area contributed by atoms with Crippen LogP contribution in [0.3, 0.4) is 0 Å². The topological polar surface area (TPSA) is 95.9 Å². The highest BCUT2D eigenvalue weighted by Gasteiger charge is 2.20. The van der Waals surface area contributed by atoms with Crippen molar-refractivity contribution in [1.82, 2.24) is 5.32 Å². The fourth-order valence-corrected chi connectivity index (χ4v) is 8.05. The third-order valence-corrected chi connectivity index (χ3v) is 12.1. The first-order valence-corrected chi connectivity index (χ1v) is 25.9. The van der Waals surface area contributed by atoms with E-state index in [-0.39, 0.29) is 18.5 Å². The lowest BCUT2D eigenvalue weighted by Gasteiger charge is -2.22. The minimum Gasteiger partial charge on any atom is -0.466 e. The molecule has 2 unspecified atom stereocenters. The van der Waals surface area contributed by atoms with Crippen LogP contribution in [0.15, 0.2) is 12.2 Å². The van der Waals surface area contributed by atoms with Crippen molar-refractivity contribution in [1.29, 1.82) is 0 Å². The highest BCUT2D eigenvalue weighted by molar-refractivity contribution is 5.76. The lowest BCUT2D eigenvalue weighted by molar-refractivity contribution is -0.143. The van der Waals surface area contributed by atoms with Gasteiger partial charge < -0.3 is 20.3 Å². The predicted molar refractivity (Wildman–Crippen MR) is 250 cm³/mol. The number of carbonyl (C=O) groups is 2. The van der Waals surface area contributed by atoms with Crippen LogP contribution in [0.1, 0.15) is 284 Å². The SMILES string of the molecule is CCCCCCCCCCCCCCCC(=O)OCCCCCCCCC/C=C\CCCCCCCC(=O)NC(CO)C(O)CCCCCCCCCCCCCC. The maximum Gasteiger partial charge on any atom is 0.305 e. The first-order chi connectivity index (χ1) is 28.5. The number of nitrogens with one attached hydrogen (secondary N) is 1. The smallest absolute Gasteiger partial charge is 0.305 e. The molecule has 0 aromatic carbocycles. The van der Waals surface area contributed by atoms with Crippen molar-refractivity contribution in [3.05, 3.63) is 12.2 Å². The molecule has 6 nitrogen and oxygen atoms in total. The van der Waals surface area contributed by atoms with E-state index in [4.69, 9.17) is 4.74 Å². The van der Waals surface area contributed by atoms with Gasteiger partial charge in [0, 0.05) is 12.8 Å². The van der Waals surface area contributed by atoms with Crippen LogP contribution in [0.4, 0.5) is 0 Å². The number of unbranched alkanes of at least 4 members (excludes halogenated alkanes) is 35. The van der Waals surface area contributed by atoms with E-state index in [1.165, 1.54) is 186 Å². The van der Waals surface area contributed by atoms with Gasteiger partial charge in [-0.3, -0.25) is 9.59 Å². The molecule has 0 aromatic rings. The van der Waals surface area contributed by atoms with Crippen molar-refractivity contribution < 1.29 is 24.5 Å². The normalized spacial score (nSPS) is 12.7. The Balaban J connectivity index is 3.45. The summed E-state index contributed by atoms with van der Waals surface area (Å²) >= 11 is 0. The molecule has 0 heterocycles. The second-order valence-corrected chi connectivity index (χ2v) is 17.9. The summed E-state index contributed by atoms with van der Waals surface area (Å²) in [6, 6.07) is -0.551. The van der Waals surface area contributed by atoms with Crippen molar-refractivity contribution in [2.75, 3.05) is 13.2 Å². The number of aliphatic hydroxyl groups is 2. The summed E-state index contributed by atoms with van der Waals surface area (Å²) in [5.41, 5.74) is 0. The molecule has 0 bridgehead atoms. The van der Waals surface area contributed by atoms with Crippen molar-refractivity contribution >= 4 is 11.9 Å². The minimum atomic E-state index is -0.672. The molecule has 344 valence electrons. The molecule has 0 rings (SSSR count). The Hall–Kier alpha value is -1.40. The molecule has 0 saturated heterocycles. The van der Waals surface area contributed by atoms with Gasteiger partial charge in [-0.15, -0.1) is 0 Å². The van der Waals surface area contributed by atoms with E-state index in [0.717, 1.165) is 64.2 Å². The number of allylic oxidation sites excluding steroid dienone is 2. The Kier molecular flexibility index (Phi) is 47.1. The maximum absolute atomic E-state index is 12.4. The average molecular weight is 820 g/mol. The summed E-state index contributed by atoms with van der Waals surface area (Å²) in [7, 11) is 0. The van der Waals surface area contributed by atoms with Gasteiger partial charge in [-0.05, 0) is 51.4 Å². The molecule has 0 radical (unpaired) electrons. The minimum absolute atomic E-state index is 0.00128. The van der Waals surface area contributed by atoms with Crippen LogP contribution in [0, 0.1) is 0 Å². The second kappa shape index (κ2) is 48.3. The Bertz CT molecular complexity index is 863. The van der Waals surface area contributed by atoms with Crippen LogP contribution in [-0.4, -0.2) is 47.4 Å². The third-order valence-electron chi connectivity index (χ3n) is 12.1. The van der Waals surface area contributed by atoms with Gasteiger partial charge in [-0.1, -0.05) is 231 Å². The Morgan fingerprint density at radius 2 is 0.810 bits per heavy atom. The summed E-state index contributed by atoms with van der Waals surface area (Å²) < 4.78 is 5.46. The molecule has 0 saturated carbocycles. The van der Waals surface area contributed by atoms with Crippen molar-refractivity contribution in [3.8, 4) is 0 Å². The van der Waals surface area contributed by atoms with Crippen molar-refractivity contribution in [3.63, 3.8) is 0 Å². The van der Waals surface area contributed by atoms with Crippen LogP contribution < -0.4 is 5.32 Å². The molecular weight excluding hydrogens is 719 g/mol. The summed E-state index contributed by atoms with van der Waals surface area (Å²) in [5.74, 6) is -0.0534. The standard InChI is InChI=1S/C52H101NO5/c1-3-5-7-9-11-13-15-21-26-30-34-38-42-46-52(57)58-47-43-39-35-31-27-23-20-18-17-19-22-25-29-33-37-41-45-51(56)53-49(48-54)50(55)44-40-36-32-28-24-16-14-12-10-8-6-4-2/h17,19,49-50,54-55H,3-16,18,20-48H2,1-2H3,(H,53,56)/b19-17-. The number of hydrogen-bond acceptors (Lipinski definition) is 5. The lowest BCUT2D eigenvalue weighted by atomic mass is 10.0. The van der Waals surface area contributed by atoms with Crippen molar-refractivity contribution in [2.24, 2.45) is 0 Å². The zero-order valence-corrected chi connectivity index (χ0v) is 39.0. The summed E-state index contributed by atoms with van der Waals surface area (Å²) in [4.78, 5) is 24.4. The van der Waals surface area contributed by atoms with Gasteiger partial charge in [0.25, 0.3) is 0 Å². The van der Waals surface area contributed by atoms with Gasteiger partial charge in [0.05, 0.1) is 25.4 Å². The predicted octanol–water partition coefficient (Wildman–Crippen LogP) is 15.3. The molecule has 0 aromatic heterocycles. The van der Waals surface area contributed by atoms with E-state index in [9.17, 15) is 19.8 Å². The molecule has 2 atom stereocenters. The second-order valence-electron chi connectivity index (χ2n) is 17.9. The average Bonchev–Trinajstić information content (AvgIpc) is 3.22. The van der Waals surface area contributed by atoms with E-state index < -0.39 is 12.1 Å². The van der Waals surface area contributed by atoms with E-state index in [2.05, 4.69) is 31.3 Å². The summed E-state index contributed by atoms with van der Waals surface area (Å²) in [6.45, 7) is 4.93. The van der Waals surface area contributed by atoms with Gasteiger partial charge >= 0.3 is 5.97 Å². The van der Waals surface area contributed by atoms with E-state index in [0.29, 0.717) is 25.9 Å². The Labute approximate surface area is 361 Å². The molecule has 6 heteroatoms. The van der Waals surface area contributed by atoms with Crippen LogP contribution in [-0.2, 0) is 14.3 Å². The fraction of sp³-hybridized carbons (Fsp3) is 0.923. The highest BCUT2D eigenvalue weighted by Crippen LogP contribution is 2.16. The number of rotatable bonds is 48. The highest BCUT2D eigenvalue weighted by atomic mass is 16.5. The lowest BCUT2D eigenvalue weighted by Crippen LogP contribution is -2.45. The molecular formula is C52H101NO5. The molecule has 0 aliphatic heterocycles. The molecule has 0 fully saturated rings. The van der Waals surface area contributed by atoms with E-state index >= 15 is 0 Å². The van der Waals surface area contributed by atoms with Gasteiger partial charge in [-0.25, -0.2) is 0 Å². The Morgan fingerprint density at radius 3 is 1.22 bits per heavy atom. The van der Waals surface area contributed by atoms with Gasteiger partial charge in [0.1, 0.15) is 0 Å². The molecule has 58 heavy (non-hydrogen) atoms. The maximum atomic E-state index is 12.4.